The molecule has 1 amide bonds. The van der Waals surface area contributed by atoms with Crippen molar-refractivity contribution in [3.8, 4) is 11.5 Å². The van der Waals surface area contributed by atoms with Crippen molar-refractivity contribution in [1.82, 2.24) is 4.31 Å². The highest BCUT2D eigenvalue weighted by Crippen LogP contribution is 2.30. The zero-order chi connectivity index (χ0) is 20.1. The maximum Gasteiger partial charge on any atom is 0.262 e. The Balaban J connectivity index is 1.72. The number of benzene rings is 2. The van der Waals surface area contributed by atoms with Gasteiger partial charge < -0.3 is 14.8 Å². The van der Waals surface area contributed by atoms with Crippen molar-refractivity contribution in [2.75, 3.05) is 32.1 Å². The molecule has 28 heavy (non-hydrogen) atoms. The van der Waals surface area contributed by atoms with Crippen molar-refractivity contribution >= 4 is 37.5 Å². The lowest BCUT2D eigenvalue weighted by Crippen LogP contribution is -2.28. The lowest BCUT2D eigenvalue weighted by atomic mass is 10.3. The molecule has 0 aromatic heterocycles. The van der Waals surface area contributed by atoms with E-state index in [0.29, 0.717) is 24.6 Å². The summed E-state index contributed by atoms with van der Waals surface area (Å²) in [6.07, 6.45) is 1.71. The Labute approximate surface area is 172 Å². The third-order valence-electron chi connectivity index (χ3n) is 4.33. The topological polar surface area (TPSA) is 84.9 Å². The Morgan fingerprint density at radius 2 is 1.82 bits per heavy atom. The summed E-state index contributed by atoms with van der Waals surface area (Å²) in [7, 11) is -2.13. The number of methoxy groups -OCH3 is 1. The molecular formula is C19H21BrN2O5S. The molecule has 1 saturated heterocycles. The highest BCUT2D eigenvalue weighted by atomic mass is 79.9. The van der Waals surface area contributed by atoms with Crippen LogP contribution in [-0.4, -0.2) is 45.4 Å². The van der Waals surface area contributed by atoms with Crippen LogP contribution in [0.15, 0.2) is 51.8 Å². The summed E-state index contributed by atoms with van der Waals surface area (Å²) in [4.78, 5) is 12.4. The standard InChI is InChI=1S/C19H21BrN2O5S/c1-26-18-9-8-16(28(24,25)22-10-2-3-11-22)12-17(18)21-19(23)13-27-15-6-4-14(20)5-7-15/h4-9,12H,2-3,10-11,13H2,1H3,(H,21,23). The van der Waals surface area contributed by atoms with E-state index in [9.17, 15) is 13.2 Å². The first-order chi connectivity index (χ1) is 13.4. The predicted molar refractivity (Wildman–Crippen MR) is 109 cm³/mol. The van der Waals surface area contributed by atoms with Gasteiger partial charge in [-0.1, -0.05) is 15.9 Å². The normalized spacial score (nSPS) is 14.6. The number of carbonyl (C=O) groups excluding carboxylic acids is 1. The molecule has 1 aliphatic heterocycles. The largest absolute Gasteiger partial charge is 0.495 e. The number of rotatable bonds is 7. The van der Waals surface area contributed by atoms with Gasteiger partial charge in [-0.2, -0.15) is 4.31 Å². The smallest absolute Gasteiger partial charge is 0.262 e. The Morgan fingerprint density at radius 1 is 1.14 bits per heavy atom. The fourth-order valence-electron chi connectivity index (χ4n) is 2.89. The van der Waals surface area contributed by atoms with E-state index in [1.54, 1.807) is 12.1 Å². The number of nitrogens with one attached hydrogen (secondary N) is 1. The van der Waals surface area contributed by atoms with Gasteiger partial charge in [0.1, 0.15) is 11.5 Å². The molecule has 0 aliphatic carbocycles. The van der Waals surface area contributed by atoms with E-state index in [0.717, 1.165) is 17.3 Å². The minimum atomic E-state index is -3.59. The molecule has 0 atom stereocenters. The lowest BCUT2D eigenvalue weighted by molar-refractivity contribution is -0.118. The van der Waals surface area contributed by atoms with Crippen molar-refractivity contribution in [1.29, 1.82) is 0 Å². The SMILES string of the molecule is COc1ccc(S(=O)(=O)N2CCCC2)cc1NC(=O)COc1ccc(Br)cc1. The van der Waals surface area contributed by atoms with Crippen LogP contribution in [0.5, 0.6) is 11.5 Å². The molecule has 0 spiro atoms. The molecule has 9 heteroatoms. The molecule has 1 fully saturated rings. The van der Waals surface area contributed by atoms with Gasteiger partial charge in [0.15, 0.2) is 6.61 Å². The summed E-state index contributed by atoms with van der Waals surface area (Å²) in [6.45, 7) is 0.808. The Bertz CT molecular complexity index is 941. The van der Waals surface area contributed by atoms with Crippen molar-refractivity contribution in [2.24, 2.45) is 0 Å². The van der Waals surface area contributed by atoms with Gasteiger partial charge in [-0.3, -0.25) is 4.79 Å². The third-order valence-corrected chi connectivity index (χ3v) is 6.75. The number of halogens is 1. The van der Waals surface area contributed by atoms with Crippen molar-refractivity contribution < 1.29 is 22.7 Å². The number of ether oxygens (including phenoxy) is 2. The summed E-state index contributed by atoms with van der Waals surface area (Å²) in [5.41, 5.74) is 0.284. The number of nitrogens with zero attached hydrogens (tertiary/aromatic N) is 1. The van der Waals surface area contributed by atoms with Crippen molar-refractivity contribution in [3.63, 3.8) is 0 Å². The van der Waals surface area contributed by atoms with E-state index in [2.05, 4.69) is 21.2 Å². The predicted octanol–water partition coefficient (Wildman–Crippen LogP) is 3.26. The number of amides is 1. The molecule has 0 unspecified atom stereocenters. The molecule has 0 bridgehead atoms. The molecule has 0 radical (unpaired) electrons. The van der Waals surface area contributed by atoms with Gasteiger partial charge in [-0.15, -0.1) is 0 Å². The van der Waals surface area contributed by atoms with Crippen LogP contribution in [0.3, 0.4) is 0 Å². The number of hydrogen-bond acceptors (Lipinski definition) is 5. The zero-order valence-electron chi connectivity index (χ0n) is 15.4. The molecule has 7 nitrogen and oxygen atoms in total. The Hall–Kier alpha value is -2.10. The van der Waals surface area contributed by atoms with E-state index >= 15 is 0 Å². The Morgan fingerprint density at radius 3 is 2.46 bits per heavy atom. The van der Waals surface area contributed by atoms with Crippen LogP contribution in [0.4, 0.5) is 5.69 Å². The lowest BCUT2D eigenvalue weighted by Gasteiger charge is -2.17. The third kappa shape index (κ3) is 4.84. The summed E-state index contributed by atoms with van der Waals surface area (Å²) in [5.74, 6) is 0.505. The van der Waals surface area contributed by atoms with E-state index in [-0.39, 0.29) is 17.2 Å². The van der Waals surface area contributed by atoms with Gasteiger partial charge in [-0.25, -0.2) is 8.42 Å². The quantitative estimate of drug-likeness (QED) is 0.673. The number of sulfonamides is 1. The number of hydrogen-bond donors (Lipinski definition) is 1. The monoisotopic (exact) mass is 468 g/mol. The van der Waals surface area contributed by atoms with Crippen LogP contribution in [0.2, 0.25) is 0 Å². The van der Waals surface area contributed by atoms with Gasteiger partial charge in [0, 0.05) is 17.6 Å². The van der Waals surface area contributed by atoms with Gasteiger partial charge >= 0.3 is 0 Å². The maximum absolute atomic E-state index is 12.8. The fraction of sp³-hybridized carbons (Fsp3) is 0.316. The van der Waals surface area contributed by atoms with E-state index in [1.807, 2.05) is 12.1 Å². The van der Waals surface area contributed by atoms with Crippen LogP contribution >= 0.6 is 15.9 Å². The first-order valence-corrected chi connectivity index (χ1v) is 11.0. The fourth-order valence-corrected chi connectivity index (χ4v) is 4.70. The second-order valence-corrected chi connectivity index (χ2v) is 9.12. The second-order valence-electron chi connectivity index (χ2n) is 6.26. The maximum atomic E-state index is 12.8. The zero-order valence-corrected chi connectivity index (χ0v) is 17.8. The van der Waals surface area contributed by atoms with Crippen LogP contribution in [0.1, 0.15) is 12.8 Å². The van der Waals surface area contributed by atoms with Crippen molar-refractivity contribution in [3.05, 3.63) is 46.9 Å². The average molecular weight is 469 g/mol. The molecule has 2 aromatic carbocycles. The van der Waals surface area contributed by atoms with Gasteiger partial charge in [-0.05, 0) is 55.3 Å². The molecule has 0 saturated carbocycles. The summed E-state index contributed by atoms with van der Waals surface area (Å²) >= 11 is 3.33. The number of anilines is 1. The molecule has 150 valence electrons. The highest BCUT2D eigenvalue weighted by Gasteiger charge is 2.28. The molecule has 3 rings (SSSR count). The molecule has 2 aromatic rings. The summed E-state index contributed by atoms with van der Waals surface area (Å²) in [6, 6.07) is 11.5. The molecule has 1 N–H and O–H groups in total. The van der Waals surface area contributed by atoms with E-state index in [4.69, 9.17) is 9.47 Å². The van der Waals surface area contributed by atoms with Crippen LogP contribution in [0, 0.1) is 0 Å². The number of carbonyl (C=O) groups is 1. The first-order valence-electron chi connectivity index (χ1n) is 8.76. The van der Waals surface area contributed by atoms with E-state index < -0.39 is 15.9 Å². The summed E-state index contributed by atoms with van der Waals surface area (Å²) < 4.78 is 38.6. The molecule has 1 aliphatic rings. The average Bonchev–Trinajstić information content (AvgIpc) is 3.23. The van der Waals surface area contributed by atoms with Gasteiger partial charge in [0.25, 0.3) is 5.91 Å². The highest BCUT2D eigenvalue weighted by molar-refractivity contribution is 9.10. The minimum Gasteiger partial charge on any atom is -0.495 e. The van der Waals surface area contributed by atoms with Crippen LogP contribution in [0.25, 0.3) is 0 Å². The molecular weight excluding hydrogens is 448 g/mol. The Kier molecular flexibility index (Phi) is 6.58. The van der Waals surface area contributed by atoms with E-state index in [1.165, 1.54) is 29.6 Å². The second kappa shape index (κ2) is 8.93. The summed E-state index contributed by atoms with van der Waals surface area (Å²) in [5, 5.41) is 2.67. The molecule has 1 heterocycles. The minimum absolute atomic E-state index is 0.124. The first kappa shape index (κ1) is 20.6. The van der Waals surface area contributed by atoms with Gasteiger partial charge in [0.2, 0.25) is 10.0 Å². The van der Waals surface area contributed by atoms with Crippen LogP contribution < -0.4 is 14.8 Å². The van der Waals surface area contributed by atoms with Crippen LogP contribution in [-0.2, 0) is 14.8 Å². The van der Waals surface area contributed by atoms with Gasteiger partial charge in [0.05, 0.1) is 17.7 Å². The van der Waals surface area contributed by atoms with Crippen molar-refractivity contribution in [2.45, 2.75) is 17.7 Å².